The van der Waals surface area contributed by atoms with Crippen LogP contribution in [0.25, 0.3) is 0 Å². The van der Waals surface area contributed by atoms with Gasteiger partial charge in [-0.15, -0.1) is 0 Å². The summed E-state index contributed by atoms with van der Waals surface area (Å²) in [6.45, 7) is 10.6. The molecule has 100 valence electrons. The summed E-state index contributed by atoms with van der Waals surface area (Å²) in [6, 6.07) is 0. The molecule has 1 saturated carbocycles. The quantitative estimate of drug-likeness (QED) is 0.817. The lowest BCUT2D eigenvalue weighted by molar-refractivity contribution is -0.100. The van der Waals surface area contributed by atoms with Crippen molar-refractivity contribution in [3.8, 4) is 0 Å². The first-order valence-corrected chi connectivity index (χ1v) is 6.84. The molecular formula is C14H28N2O. The molecule has 1 atom stereocenters. The van der Waals surface area contributed by atoms with Crippen LogP contribution in [0.4, 0.5) is 0 Å². The molecule has 0 aromatic heterocycles. The summed E-state index contributed by atoms with van der Waals surface area (Å²) in [5.74, 6) is 0.892. The van der Waals surface area contributed by atoms with Crippen LogP contribution in [0.2, 0.25) is 0 Å². The maximum Gasteiger partial charge on any atom is 0.0829 e. The lowest BCUT2D eigenvalue weighted by Crippen LogP contribution is -2.62. The molecule has 3 heteroatoms. The summed E-state index contributed by atoms with van der Waals surface area (Å²) in [4.78, 5) is 2.47. The van der Waals surface area contributed by atoms with E-state index in [9.17, 15) is 0 Å². The molecule has 2 rings (SSSR count). The smallest absolute Gasteiger partial charge is 0.0829 e. The minimum Gasteiger partial charge on any atom is -0.368 e. The summed E-state index contributed by atoms with van der Waals surface area (Å²) in [7, 11) is 2.22. The van der Waals surface area contributed by atoms with Crippen LogP contribution in [0.1, 0.15) is 47.0 Å². The molecule has 1 unspecified atom stereocenters. The molecule has 0 radical (unpaired) electrons. The van der Waals surface area contributed by atoms with Crippen molar-refractivity contribution in [3.63, 3.8) is 0 Å². The van der Waals surface area contributed by atoms with Crippen LogP contribution in [0.15, 0.2) is 0 Å². The predicted molar refractivity (Wildman–Crippen MR) is 71.0 cm³/mol. The zero-order valence-electron chi connectivity index (χ0n) is 12.0. The van der Waals surface area contributed by atoms with E-state index in [1.165, 1.54) is 19.4 Å². The Balaban J connectivity index is 2.22. The molecule has 1 aliphatic heterocycles. The highest BCUT2D eigenvalue weighted by Gasteiger charge is 2.58. The Bertz CT molecular complexity index is 297. The minimum atomic E-state index is -0.172. The van der Waals surface area contributed by atoms with Gasteiger partial charge in [-0.2, -0.15) is 0 Å². The van der Waals surface area contributed by atoms with Crippen LogP contribution in [0, 0.1) is 5.92 Å². The van der Waals surface area contributed by atoms with Gasteiger partial charge >= 0.3 is 0 Å². The highest BCUT2D eigenvalue weighted by atomic mass is 16.5. The summed E-state index contributed by atoms with van der Waals surface area (Å²) in [6.07, 6.45) is 3.79. The zero-order valence-corrected chi connectivity index (χ0v) is 12.0. The molecule has 0 aromatic rings. The van der Waals surface area contributed by atoms with E-state index in [4.69, 9.17) is 10.5 Å². The van der Waals surface area contributed by atoms with Crippen LogP contribution in [-0.4, -0.2) is 41.8 Å². The summed E-state index contributed by atoms with van der Waals surface area (Å²) in [5.41, 5.74) is 5.89. The van der Waals surface area contributed by atoms with E-state index < -0.39 is 0 Å². The van der Waals surface area contributed by atoms with Crippen molar-refractivity contribution >= 4 is 0 Å². The fraction of sp³-hybridized carbons (Fsp3) is 1.00. The van der Waals surface area contributed by atoms with E-state index in [1.54, 1.807) is 0 Å². The SMILES string of the molecule is CN(CC1CC1)C1(CN)CC(C)(C)OC1(C)C. The summed E-state index contributed by atoms with van der Waals surface area (Å²) < 4.78 is 6.24. The highest BCUT2D eigenvalue weighted by Crippen LogP contribution is 2.48. The van der Waals surface area contributed by atoms with Gasteiger partial charge < -0.3 is 10.5 Å². The Morgan fingerprint density at radius 2 is 1.82 bits per heavy atom. The topological polar surface area (TPSA) is 38.5 Å². The molecule has 2 fully saturated rings. The second-order valence-corrected chi connectivity index (χ2v) is 7.11. The molecule has 0 aromatic carbocycles. The second-order valence-electron chi connectivity index (χ2n) is 7.11. The molecule has 0 spiro atoms. The first-order valence-electron chi connectivity index (χ1n) is 6.84. The summed E-state index contributed by atoms with van der Waals surface area (Å²) in [5, 5.41) is 0. The third-order valence-corrected chi connectivity index (χ3v) is 4.67. The molecular weight excluding hydrogens is 212 g/mol. The molecule has 0 bridgehead atoms. The third-order valence-electron chi connectivity index (χ3n) is 4.67. The monoisotopic (exact) mass is 240 g/mol. The number of nitrogens with two attached hydrogens (primary N) is 1. The van der Waals surface area contributed by atoms with E-state index in [1.807, 2.05) is 0 Å². The Morgan fingerprint density at radius 3 is 2.18 bits per heavy atom. The molecule has 1 saturated heterocycles. The zero-order chi connectivity index (χ0) is 12.9. The maximum absolute atomic E-state index is 6.24. The van der Waals surface area contributed by atoms with Gasteiger partial charge in [0, 0.05) is 13.1 Å². The number of nitrogens with zero attached hydrogens (tertiary/aromatic N) is 1. The lowest BCUT2D eigenvalue weighted by atomic mass is 9.77. The number of hydrogen-bond acceptors (Lipinski definition) is 3. The first-order chi connectivity index (χ1) is 7.72. The number of ether oxygens (including phenoxy) is 1. The van der Waals surface area contributed by atoms with Crippen molar-refractivity contribution in [2.75, 3.05) is 20.1 Å². The van der Waals surface area contributed by atoms with Gasteiger partial charge in [0.25, 0.3) is 0 Å². The summed E-state index contributed by atoms with van der Waals surface area (Å²) >= 11 is 0. The van der Waals surface area contributed by atoms with Crippen molar-refractivity contribution in [3.05, 3.63) is 0 Å². The van der Waals surface area contributed by atoms with Gasteiger partial charge in [-0.3, -0.25) is 4.90 Å². The highest BCUT2D eigenvalue weighted by molar-refractivity contribution is 5.13. The van der Waals surface area contributed by atoms with E-state index in [0.29, 0.717) is 6.54 Å². The van der Waals surface area contributed by atoms with Crippen LogP contribution >= 0.6 is 0 Å². The van der Waals surface area contributed by atoms with Gasteiger partial charge in [-0.05, 0) is 59.9 Å². The second kappa shape index (κ2) is 3.94. The van der Waals surface area contributed by atoms with Gasteiger partial charge in [-0.25, -0.2) is 0 Å². The number of hydrogen-bond donors (Lipinski definition) is 1. The fourth-order valence-corrected chi connectivity index (χ4v) is 3.67. The lowest BCUT2D eigenvalue weighted by Gasteiger charge is -2.46. The van der Waals surface area contributed by atoms with E-state index in [0.717, 1.165) is 12.3 Å². The van der Waals surface area contributed by atoms with Crippen molar-refractivity contribution in [2.45, 2.75) is 63.7 Å². The normalized spacial score (nSPS) is 35.5. The standard InChI is InChI=1S/C14H28N2O/c1-12(2)9-14(10-15,13(3,4)17-12)16(5)8-11-6-7-11/h11H,6-10,15H2,1-5H3. The molecule has 2 aliphatic rings. The van der Waals surface area contributed by atoms with Gasteiger partial charge in [0.15, 0.2) is 0 Å². The Kier molecular flexibility index (Phi) is 3.08. The molecule has 1 heterocycles. The maximum atomic E-state index is 6.24. The van der Waals surface area contributed by atoms with Gasteiger partial charge in [0.2, 0.25) is 0 Å². The average Bonchev–Trinajstić information content (AvgIpc) is 2.92. The van der Waals surface area contributed by atoms with Gasteiger partial charge in [0.05, 0.1) is 16.7 Å². The Morgan fingerprint density at radius 1 is 1.24 bits per heavy atom. The molecule has 2 N–H and O–H groups in total. The molecule has 1 aliphatic carbocycles. The fourth-order valence-electron chi connectivity index (χ4n) is 3.67. The van der Waals surface area contributed by atoms with Crippen molar-refractivity contribution in [1.29, 1.82) is 0 Å². The van der Waals surface area contributed by atoms with E-state index in [-0.39, 0.29) is 16.7 Å². The van der Waals surface area contributed by atoms with E-state index in [2.05, 4.69) is 39.6 Å². The van der Waals surface area contributed by atoms with Crippen LogP contribution < -0.4 is 5.73 Å². The average molecular weight is 240 g/mol. The molecule has 3 nitrogen and oxygen atoms in total. The number of likely N-dealkylation sites (N-methyl/N-ethyl adjacent to an activating group) is 1. The molecule has 0 amide bonds. The van der Waals surface area contributed by atoms with Crippen molar-refractivity contribution in [2.24, 2.45) is 11.7 Å². The van der Waals surface area contributed by atoms with Gasteiger partial charge in [0.1, 0.15) is 0 Å². The third kappa shape index (κ3) is 2.25. The van der Waals surface area contributed by atoms with Crippen LogP contribution in [0.3, 0.4) is 0 Å². The largest absolute Gasteiger partial charge is 0.368 e. The minimum absolute atomic E-state index is 0.0148. The number of rotatable bonds is 4. The van der Waals surface area contributed by atoms with Crippen molar-refractivity contribution < 1.29 is 4.74 Å². The molecule has 17 heavy (non-hydrogen) atoms. The van der Waals surface area contributed by atoms with Crippen molar-refractivity contribution in [1.82, 2.24) is 4.90 Å². The van der Waals surface area contributed by atoms with Gasteiger partial charge in [-0.1, -0.05) is 0 Å². The van der Waals surface area contributed by atoms with Crippen LogP contribution in [-0.2, 0) is 4.74 Å². The Labute approximate surface area is 106 Å². The predicted octanol–water partition coefficient (Wildman–Crippen LogP) is 2.00. The van der Waals surface area contributed by atoms with E-state index >= 15 is 0 Å². The van der Waals surface area contributed by atoms with Crippen LogP contribution in [0.5, 0.6) is 0 Å². The Hall–Kier alpha value is -0.120. The first kappa shape index (κ1) is 13.3.